The average Bonchev–Trinajstić information content (AvgIpc) is 3.26. The highest BCUT2D eigenvalue weighted by molar-refractivity contribution is 6.36. The summed E-state index contributed by atoms with van der Waals surface area (Å²) in [5.74, 6) is 0.357. The normalized spacial score (nSPS) is 12.0. The highest BCUT2D eigenvalue weighted by Gasteiger charge is 2.36. The monoisotopic (exact) mass is 443 g/mol. The van der Waals surface area contributed by atoms with Crippen molar-refractivity contribution in [3.05, 3.63) is 45.7 Å². The SMILES string of the molecule is COc1ccc(Cl)cc1-c1noc(-c2nn3c(C(F)(F)F)cc(C)nc3c2Cl)n1. The molecule has 0 spiro atoms. The van der Waals surface area contributed by atoms with Gasteiger partial charge in [0.15, 0.2) is 11.3 Å². The standard InChI is InChI=1S/C17H10Cl2F3N5O2/c1-7-5-11(17(20,21)22)27-15(23-7)12(19)13(25-27)16-24-14(26-29-16)9-6-8(18)3-4-10(9)28-2/h3-6H,1-2H3. The van der Waals surface area contributed by atoms with Crippen LogP contribution in [0.15, 0.2) is 28.8 Å². The summed E-state index contributed by atoms with van der Waals surface area (Å²) in [5.41, 5.74) is -0.763. The van der Waals surface area contributed by atoms with Crippen molar-refractivity contribution < 1.29 is 22.4 Å². The Morgan fingerprint density at radius 2 is 1.90 bits per heavy atom. The zero-order chi connectivity index (χ0) is 20.9. The van der Waals surface area contributed by atoms with Gasteiger partial charge in [-0.25, -0.2) is 9.50 Å². The molecule has 0 radical (unpaired) electrons. The molecule has 0 saturated heterocycles. The first-order valence-corrected chi connectivity index (χ1v) is 8.75. The molecule has 0 unspecified atom stereocenters. The quantitative estimate of drug-likeness (QED) is 0.438. The molecule has 0 aliphatic carbocycles. The number of halogens is 5. The average molecular weight is 444 g/mol. The highest BCUT2D eigenvalue weighted by Crippen LogP contribution is 2.36. The summed E-state index contributed by atoms with van der Waals surface area (Å²) in [4.78, 5) is 8.23. The molecule has 0 N–H and O–H groups in total. The van der Waals surface area contributed by atoms with Crippen LogP contribution in [-0.4, -0.2) is 31.8 Å². The van der Waals surface area contributed by atoms with Crippen molar-refractivity contribution >= 4 is 28.8 Å². The van der Waals surface area contributed by atoms with Crippen molar-refractivity contribution in [3.63, 3.8) is 0 Å². The van der Waals surface area contributed by atoms with E-state index in [1.165, 1.54) is 14.0 Å². The lowest BCUT2D eigenvalue weighted by Gasteiger charge is -2.09. The van der Waals surface area contributed by atoms with E-state index in [-0.39, 0.29) is 33.8 Å². The fraction of sp³-hybridized carbons (Fsp3) is 0.176. The Labute approximate surface area is 171 Å². The molecule has 7 nitrogen and oxygen atoms in total. The molecule has 3 heterocycles. The van der Waals surface area contributed by atoms with E-state index in [9.17, 15) is 13.2 Å². The van der Waals surface area contributed by atoms with E-state index in [2.05, 4.69) is 20.2 Å². The smallest absolute Gasteiger partial charge is 0.433 e. The lowest BCUT2D eigenvalue weighted by molar-refractivity contribution is -0.142. The van der Waals surface area contributed by atoms with Gasteiger partial charge in [0.05, 0.1) is 12.7 Å². The minimum atomic E-state index is -4.66. The number of alkyl halides is 3. The summed E-state index contributed by atoms with van der Waals surface area (Å²) in [6.07, 6.45) is -4.66. The van der Waals surface area contributed by atoms with E-state index in [1.807, 2.05) is 0 Å². The molecule has 4 rings (SSSR count). The molecule has 0 aliphatic rings. The van der Waals surface area contributed by atoms with Crippen LogP contribution in [0.5, 0.6) is 5.75 Å². The van der Waals surface area contributed by atoms with Gasteiger partial charge in [-0.2, -0.15) is 23.3 Å². The van der Waals surface area contributed by atoms with Crippen LogP contribution >= 0.6 is 23.2 Å². The maximum atomic E-state index is 13.4. The molecule has 0 aliphatic heterocycles. The van der Waals surface area contributed by atoms with Gasteiger partial charge in [0.1, 0.15) is 16.5 Å². The van der Waals surface area contributed by atoms with Crippen LogP contribution < -0.4 is 4.74 Å². The number of aryl methyl sites for hydroxylation is 1. The molecular weight excluding hydrogens is 434 g/mol. The fourth-order valence-electron chi connectivity index (χ4n) is 2.74. The van der Waals surface area contributed by atoms with E-state index >= 15 is 0 Å². The number of fused-ring (bicyclic) bond motifs is 1. The zero-order valence-electron chi connectivity index (χ0n) is 14.8. The lowest BCUT2D eigenvalue weighted by atomic mass is 10.2. The van der Waals surface area contributed by atoms with Gasteiger partial charge in [-0.3, -0.25) is 0 Å². The van der Waals surface area contributed by atoms with E-state index in [4.69, 9.17) is 32.5 Å². The topological polar surface area (TPSA) is 78.3 Å². The summed E-state index contributed by atoms with van der Waals surface area (Å²) >= 11 is 12.2. The van der Waals surface area contributed by atoms with Crippen LogP contribution in [0.2, 0.25) is 10.0 Å². The number of aromatic nitrogens is 5. The number of rotatable bonds is 3. The Morgan fingerprint density at radius 3 is 2.59 bits per heavy atom. The second kappa shape index (κ2) is 6.89. The minimum absolute atomic E-state index is 0.104. The van der Waals surface area contributed by atoms with Gasteiger partial charge in [-0.05, 0) is 31.2 Å². The summed E-state index contributed by atoms with van der Waals surface area (Å²) in [6.45, 7) is 1.43. The Morgan fingerprint density at radius 1 is 1.14 bits per heavy atom. The Hall–Kier alpha value is -2.85. The number of benzene rings is 1. The second-order valence-corrected chi connectivity index (χ2v) is 6.76. The Bertz CT molecular complexity index is 1240. The van der Waals surface area contributed by atoms with Crippen molar-refractivity contribution in [2.75, 3.05) is 7.11 Å². The van der Waals surface area contributed by atoms with Crippen LogP contribution in [0.1, 0.15) is 11.4 Å². The minimum Gasteiger partial charge on any atom is -0.496 e. The third-order valence-corrected chi connectivity index (χ3v) is 4.57. The van der Waals surface area contributed by atoms with E-state index in [0.717, 1.165) is 6.07 Å². The van der Waals surface area contributed by atoms with E-state index in [0.29, 0.717) is 20.9 Å². The predicted octanol–water partition coefficient (Wildman–Crippen LogP) is 5.09. The van der Waals surface area contributed by atoms with Gasteiger partial charge >= 0.3 is 6.18 Å². The molecule has 0 amide bonds. The molecule has 29 heavy (non-hydrogen) atoms. The third-order valence-electron chi connectivity index (χ3n) is 3.98. The van der Waals surface area contributed by atoms with Gasteiger partial charge in [-0.1, -0.05) is 28.4 Å². The third kappa shape index (κ3) is 3.38. The first-order valence-electron chi connectivity index (χ1n) is 8.00. The molecule has 0 fully saturated rings. The van der Waals surface area contributed by atoms with Gasteiger partial charge in [0.25, 0.3) is 5.89 Å². The van der Waals surface area contributed by atoms with Crippen LogP contribution in [0.25, 0.3) is 28.6 Å². The van der Waals surface area contributed by atoms with Crippen molar-refractivity contribution in [1.82, 2.24) is 24.7 Å². The van der Waals surface area contributed by atoms with Crippen molar-refractivity contribution in [2.24, 2.45) is 0 Å². The van der Waals surface area contributed by atoms with Crippen LogP contribution in [0.3, 0.4) is 0 Å². The molecule has 0 saturated carbocycles. The maximum Gasteiger partial charge on any atom is 0.433 e. The number of hydrogen-bond donors (Lipinski definition) is 0. The summed E-state index contributed by atoms with van der Waals surface area (Å²) in [6, 6.07) is 5.67. The first-order chi connectivity index (χ1) is 13.7. The molecule has 150 valence electrons. The van der Waals surface area contributed by atoms with Gasteiger partial charge in [0.2, 0.25) is 5.82 Å². The largest absolute Gasteiger partial charge is 0.496 e. The first kappa shape index (κ1) is 19.5. The molecule has 4 aromatic rings. The number of hydrogen-bond acceptors (Lipinski definition) is 6. The molecule has 0 bridgehead atoms. The van der Waals surface area contributed by atoms with Gasteiger partial charge in [0, 0.05) is 10.7 Å². The second-order valence-electron chi connectivity index (χ2n) is 5.95. The van der Waals surface area contributed by atoms with Crippen molar-refractivity contribution in [1.29, 1.82) is 0 Å². The van der Waals surface area contributed by atoms with Crippen LogP contribution in [0, 0.1) is 6.92 Å². The summed E-state index contributed by atoms with van der Waals surface area (Å²) in [7, 11) is 1.46. The molecular formula is C17H10Cl2F3N5O2. The summed E-state index contributed by atoms with van der Waals surface area (Å²) < 4.78 is 51.2. The summed E-state index contributed by atoms with van der Waals surface area (Å²) in [5, 5.41) is 8.01. The number of ether oxygens (including phenoxy) is 1. The van der Waals surface area contributed by atoms with E-state index < -0.39 is 11.9 Å². The van der Waals surface area contributed by atoms with Gasteiger partial charge < -0.3 is 9.26 Å². The molecule has 3 aromatic heterocycles. The predicted molar refractivity (Wildman–Crippen MR) is 98.0 cm³/mol. The fourth-order valence-corrected chi connectivity index (χ4v) is 3.15. The lowest BCUT2D eigenvalue weighted by Crippen LogP contribution is -2.13. The molecule has 1 aromatic carbocycles. The molecule has 12 heteroatoms. The highest BCUT2D eigenvalue weighted by atomic mass is 35.5. The Kier molecular flexibility index (Phi) is 4.62. The van der Waals surface area contributed by atoms with Crippen molar-refractivity contribution in [2.45, 2.75) is 13.1 Å². The van der Waals surface area contributed by atoms with Crippen molar-refractivity contribution in [3.8, 4) is 28.7 Å². The maximum absolute atomic E-state index is 13.4. The van der Waals surface area contributed by atoms with Crippen LogP contribution in [-0.2, 0) is 6.18 Å². The zero-order valence-corrected chi connectivity index (χ0v) is 16.3. The van der Waals surface area contributed by atoms with E-state index in [1.54, 1.807) is 18.2 Å². The van der Waals surface area contributed by atoms with Crippen LogP contribution in [0.4, 0.5) is 13.2 Å². The number of nitrogens with zero attached hydrogens (tertiary/aromatic N) is 5. The number of methoxy groups -OCH3 is 1. The van der Waals surface area contributed by atoms with Gasteiger partial charge in [-0.15, -0.1) is 0 Å². The Balaban J connectivity index is 1.87. The molecule has 0 atom stereocenters.